The van der Waals surface area contributed by atoms with Crippen molar-refractivity contribution < 1.29 is 9.13 Å². The van der Waals surface area contributed by atoms with E-state index in [4.69, 9.17) is 16.3 Å². The van der Waals surface area contributed by atoms with E-state index in [2.05, 4.69) is 23.7 Å². The molecule has 4 rings (SSSR count). The highest BCUT2D eigenvalue weighted by atomic mass is 35.5. The Kier molecular flexibility index (Phi) is 5.96. The van der Waals surface area contributed by atoms with Gasteiger partial charge in [-0.3, -0.25) is 0 Å². The SMILES string of the molecule is COc1ccc(Cc2ccc(N3[C@@H](C)CC[C@@H]3C)nc2)c(F)c1-c1cccc(Cl)c1. The standard InChI is InChI=1S/C25H26ClFN2O/c1-16-7-8-17(2)29(16)23-12-9-18(15-28-23)13-20-10-11-22(30-3)24(25(20)27)19-5-4-6-21(26)14-19/h4-6,9-12,14-17H,7-8,13H2,1-3H3/t16-,17-/m0/s1. The van der Waals surface area contributed by atoms with Crippen molar-refractivity contribution >= 4 is 17.4 Å². The predicted octanol–water partition coefficient (Wildman–Crippen LogP) is 6.52. The molecule has 1 aromatic heterocycles. The van der Waals surface area contributed by atoms with Crippen molar-refractivity contribution in [2.45, 2.75) is 45.2 Å². The van der Waals surface area contributed by atoms with Crippen molar-refractivity contribution in [1.29, 1.82) is 0 Å². The van der Waals surface area contributed by atoms with Gasteiger partial charge in [0.1, 0.15) is 17.4 Å². The Bertz CT molecular complexity index is 1030. The highest BCUT2D eigenvalue weighted by Gasteiger charge is 2.28. The Labute approximate surface area is 182 Å². The number of nitrogens with zero attached hydrogens (tertiary/aromatic N) is 2. The second kappa shape index (κ2) is 8.65. The molecule has 3 aromatic rings. The number of rotatable bonds is 5. The normalized spacial score (nSPS) is 18.6. The Morgan fingerprint density at radius 1 is 1.10 bits per heavy atom. The fourth-order valence-corrected chi connectivity index (χ4v) is 4.55. The number of hydrogen-bond acceptors (Lipinski definition) is 3. The van der Waals surface area contributed by atoms with Crippen molar-refractivity contribution in [1.82, 2.24) is 4.98 Å². The van der Waals surface area contributed by atoms with Gasteiger partial charge in [0.2, 0.25) is 0 Å². The van der Waals surface area contributed by atoms with Crippen LogP contribution in [0.15, 0.2) is 54.7 Å². The van der Waals surface area contributed by atoms with Gasteiger partial charge in [-0.25, -0.2) is 9.37 Å². The van der Waals surface area contributed by atoms with Gasteiger partial charge in [-0.05, 0) is 67.6 Å². The summed E-state index contributed by atoms with van der Waals surface area (Å²) in [5.74, 6) is 1.19. The van der Waals surface area contributed by atoms with Crippen molar-refractivity contribution in [3.63, 3.8) is 0 Å². The minimum Gasteiger partial charge on any atom is -0.496 e. The van der Waals surface area contributed by atoms with Crippen LogP contribution in [0.3, 0.4) is 0 Å². The largest absolute Gasteiger partial charge is 0.496 e. The summed E-state index contributed by atoms with van der Waals surface area (Å²) in [5.41, 5.74) is 2.70. The van der Waals surface area contributed by atoms with Crippen LogP contribution in [0.4, 0.5) is 10.2 Å². The summed E-state index contributed by atoms with van der Waals surface area (Å²) < 4.78 is 20.9. The van der Waals surface area contributed by atoms with Gasteiger partial charge in [0.15, 0.2) is 0 Å². The lowest BCUT2D eigenvalue weighted by molar-refractivity contribution is 0.413. The van der Waals surface area contributed by atoms with Crippen LogP contribution in [0.1, 0.15) is 37.8 Å². The van der Waals surface area contributed by atoms with Crippen LogP contribution in [0.2, 0.25) is 5.02 Å². The van der Waals surface area contributed by atoms with Gasteiger partial charge in [-0.2, -0.15) is 0 Å². The molecule has 1 fully saturated rings. The minimum absolute atomic E-state index is 0.289. The van der Waals surface area contributed by atoms with E-state index in [9.17, 15) is 0 Å². The quantitative estimate of drug-likeness (QED) is 0.466. The molecule has 0 radical (unpaired) electrons. The zero-order valence-corrected chi connectivity index (χ0v) is 18.3. The maximum Gasteiger partial charge on any atom is 0.138 e. The first-order valence-corrected chi connectivity index (χ1v) is 10.7. The first-order valence-electron chi connectivity index (χ1n) is 10.3. The molecule has 0 amide bonds. The molecular formula is C25H26ClFN2O. The van der Waals surface area contributed by atoms with Gasteiger partial charge >= 0.3 is 0 Å². The first kappa shape index (κ1) is 20.7. The maximum atomic E-state index is 15.5. The number of hydrogen-bond donors (Lipinski definition) is 0. The smallest absolute Gasteiger partial charge is 0.138 e. The molecule has 2 heterocycles. The Hall–Kier alpha value is -2.59. The van der Waals surface area contributed by atoms with E-state index in [-0.39, 0.29) is 5.82 Å². The third-order valence-electron chi connectivity index (χ3n) is 5.94. The summed E-state index contributed by atoms with van der Waals surface area (Å²) in [6, 6.07) is 15.9. The average Bonchev–Trinajstić information content (AvgIpc) is 3.08. The lowest BCUT2D eigenvalue weighted by atomic mass is 9.97. The van der Waals surface area contributed by atoms with Crippen LogP contribution in [-0.2, 0) is 6.42 Å². The molecule has 1 aliphatic rings. The van der Waals surface area contributed by atoms with Gasteiger partial charge in [0.05, 0.1) is 12.7 Å². The molecule has 156 valence electrons. The van der Waals surface area contributed by atoms with Crippen molar-refractivity contribution in [2.24, 2.45) is 0 Å². The van der Waals surface area contributed by atoms with Crippen LogP contribution < -0.4 is 9.64 Å². The fourth-order valence-electron chi connectivity index (χ4n) is 4.36. The molecule has 0 unspecified atom stereocenters. The van der Waals surface area contributed by atoms with Crippen LogP contribution >= 0.6 is 11.6 Å². The van der Waals surface area contributed by atoms with Gasteiger partial charge in [0.25, 0.3) is 0 Å². The first-order chi connectivity index (χ1) is 14.5. The third kappa shape index (κ3) is 4.01. The molecule has 0 N–H and O–H groups in total. The van der Waals surface area contributed by atoms with Crippen LogP contribution in [0.5, 0.6) is 5.75 Å². The molecule has 2 aromatic carbocycles. The van der Waals surface area contributed by atoms with E-state index in [1.807, 2.05) is 36.5 Å². The van der Waals surface area contributed by atoms with Crippen molar-refractivity contribution in [2.75, 3.05) is 12.0 Å². The lowest BCUT2D eigenvalue weighted by Crippen LogP contribution is -2.33. The van der Waals surface area contributed by atoms with Crippen molar-refractivity contribution in [3.8, 4) is 16.9 Å². The summed E-state index contributed by atoms with van der Waals surface area (Å²) in [4.78, 5) is 7.04. The van der Waals surface area contributed by atoms with E-state index in [1.54, 1.807) is 25.3 Å². The van der Waals surface area contributed by atoms with E-state index in [0.717, 1.165) is 11.4 Å². The Morgan fingerprint density at radius 3 is 2.50 bits per heavy atom. The molecule has 30 heavy (non-hydrogen) atoms. The molecule has 0 aliphatic carbocycles. The number of anilines is 1. The number of aromatic nitrogens is 1. The van der Waals surface area contributed by atoms with Crippen LogP contribution in [0.25, 0.3) is 11.1 Å². The van der Waals surface area contributed by atoms with Crippen LogP contribution in [0, 0.1) is 5.82 Å². The summed E-state index contributed by atoms with van der Waals surface area (Å²) in [7, 11) is 1.55. The number of halogens is 2. The number of benzene rings is 2. The zero-order chi connectivity index (χ0) is 21.3. The van der Waals surface area contributed by atoms with Crippen molar-refractivity contribution in [3.05, 3.63) is 76.7 Å². The molecule has 1 saturated heterocycles. The number of ether oxygens (including phenoxy) is 1. The predicted molar refractivity (Wildman–Crippen MR) is 121 cm³/mol. The lowest BCUT2D eigenvalue weighted by Gasteiger charge is -2.27. The van der Waals surface area contributed by atoms with E-state index >= 15 is 4.39 Å². The zero-order valence-electron chi connectivity index (χ0n) is 17.5. The molecule has 5 heteroatoms. The van der Waals surface area contributed by atoms with Gasteiger partial charge < -0.3 is 9.64 Å². The second-order valence-electron chi connectivity index (χ2n) is 8.01. The summed E-state index contributed by atoms with van der Waals surface area (Å²) in [6.45, 7) is 4.48. The molecule has 2 atom stereocenters. The monoisotopic (exact) mass is 424 g/mol. The van der Waals surface area contributed by atoms with E-state index < -0.39 is 0 Å². The summed E-state index contributed by atoms with van der Waals surface area (Å²) in [5, 5.41) is 0.560. The maximum absolute atomic E-state index is 15.5. The highest BCUT2D eigenvalue weighted by Crippen LogP contribution is 2.36. The summed E-state index contributed by atoms with van der Waals surface area (Å²) >= 11 is 6.13. The molecule has 0 saturated carbocycles. The topological polar surface area (TPSA) is 25.4 Å². The van der Waals surface area contributed by atoms with Gasteiger partial charge in [-0.1, -0.05) is 35.9 Å². The fraction of sp³-hybridized carbons (Fsp3) is 0.320. The molecule has 0 bridgehead atoms. The average molecular weight is 425 g/mol. The Morgan fingerprint density at radius 2 is 1.87 bits per heavy atom. The number of methoxy groups -OCH3 is 1. The molecule has 0 spiro atoms. The molecule has 3 nitrogen and oxygen atoms in total. The van der Waals surface area contributed by atoms with Crippen LogP contribution in [-0.4, -0.2) is 24.2 Å². The molecule has 1 aliphatic heterocycles. The van der Waals surface area contributed by atoms with E-state index in [1.165, 1.54) is 12.8 Å². The van der Waals surface area contributed by atoms with E-state index in [0.29, 0.717) is 46.0 Å². The second-order valence-corrected chi connectivity index (χ2v) is 8.45. The summed E-state index contributed by atoms with van der Waals surface area (Å²) in [6.07, 6.45) is 4.69. The minimum atomic E-state index is -0.289. The highest BCUT2D eigenvalue weighted by molar-refractivity contribution is 6.30. The molecular weight excluding hydrogens is 399 g/mol. The Balaban J connectivity index is 1.63. The van der Waals surface area contributed by atoms with Gasteiger partial charge in [-0.15, -0.1) is 0 Å². The van der Waals surface area contributed by atoms with Gasteiger partial charge in [0, 0.05) is 29.7 Å². The third-order valence-corrected chi connectivity index (χ3v) is 6.17. The number of pyridine rings is 1.